The topological polar surface area (TPSA) is 58.6 Å². The third-order valence-corrected chi connectivity index (χ3v) is 7.85. The number of carbonyl (C=O) groups is 2. The number of allylic oxidation sites excluding steroid dienone is 2. The van der Waals surface area contributed by atoms with E-state index in [-0.39, 0.29) is 23.8 Å². The number of benzene rings is 2. The lowest BCUT2D eigenvalue weighted by atomic mass is 9.90. The van der Waals surface area contributed by atoms with Gasteiger partial charge < -0.3 is 15.0 Å². The van der Waals surface area contributed by atoms with E-state index in [1.54, 1.807) is 0 Å². The summed E-state index contributed by atoms with van der Waals surface area (Å²) in [6.07, 6.45) is 9.52. The zero-order valence-electron chi connectivity index (χ0n) is 22.1. The Labute approximate surface area is 215 Å². The van der Waals surface area contributed by atoms with Gasteiger partial charge in [-0.15, -0.1) is 0 Å². The Kier molecular flexibility index (Phi) is 8.50. The fraction of sp³-hybridized carbons (Fsp3) is 0.484. The number of Topliss-reactive ketones (excluding diaryl/α,β-unsaturated/α-hetero) is 1. The lowest BCUT2D eigenvalue weighted by Gasteiger charge is -2.32. The molecule has 192 valence electrons. The molecular formula is C31H40N2O3. The highest BCUT2D eigenvalue weighted by atomic mass is 16.5. The van der Waals surface area contributed by atoms with E-state index in [1.807, 2.05) is 0 Å². The van der Waals surface area contributed by atoms with Crippen LogP contribution in [0.1, 0.15) is 75.5 Å². The maximum Gasteiger partial charge on any atom is 0.217 e. The van der Waals surface area contributed by atoms with Gasteiger partial charge in [0.2, 0.25) is 5.91 Å². The van der Waals surface area contributed by atoms with Crippen molar-refractivity contribution in [2.24, 2.45) is 0 Å². The Morgan fingerprint density at radius 2 is 1.86 bits per heavy atom. The van der Waals surface area contributed by atoms with Gasteiger partial charge in [-0.1, -0.05) is 48.9 Å². The number of para-hydroxylation sites is 2. The van der Waals surface area contributed by atoms with E-state index in [0.29, 0.717) is 6.42 Å². The molecular weight excluding hydrogens is 448 g/mol. The van der Waals surface area contributed by atoms with Crippen molar-refractivity contribution in [3.63, 3.8) is 0 Å². The van der Waals surface area contributed by atoms with E-state index in [4.69, 9.17) is 4.74 Å². The van der Waals surface area contributed by atoms with Crippen molar-refractivity contribution in [3.05, 3.63) is 70.8 Å². The summed E-state index contributed by atoms with van der Waals surface area (Å²) in [5.41, 5.74) is 6.54. The molecule has 0 bridgehead atoms. The fourth-order valence-corrected chi connectivity index (χ4v) is 5.59. The van der Waals surface area contributed by atoms with Gasteiger partial charge in [-0.2, -0.15) is 0 Å². The molecule has 4 rings (SSSR count). The first kappa shape index (κ1) is 26.0. The molecule has 1 heterocycles. The molecule has 2 aromatic rings. The van der Waals surface area contributed by atoms with Gasteiger partial charge in [0.1, 0.15) is 11.4 Å². The first-order valence-electron chi connectivity index (χ1n) is 13.4. The van der Waals surface area contributed by atoms with Crippen LogP contribution < -0.4 is 15.0 Å². The normalized spacial score (nSPS) is 20.9. The van der Waals surface area contributed by atoms with Gasteiger partial charge in [0.05, 0.1) is 12.2 Å². The molecule has 1 saturated carbocycles. The van der Waals surface area contributed by atoms with Crippen LogP contribution in [0.25, 0.3) is 0 Å². The molecule has 1 spiro atoms. The predicted octanol–water partition coefficient (Wildman–Crippen LogP) is 6.07. The Bertz CT molecular complexity index is 1120. The zero-order valence-corrected chi connectivity index (χ0v) is 22.1. The average Bonchev–Trinajstić information content (AvgIpc) is 3.16. The van der Waals surface area contributed by atoms with Crippen LogP contribution in [0.3, 0.4) is 0 Å². The molecule has 1 fully saturated rings. The van der Waals surface area contributed by atoms with Crippen molar-refractivity contribution in [2.45, 2.75) is 84.3 Å². The highest BCUT2D eigenvalue weighted by Gasteiger charge is 2.37. The molecule has 1 amide bonds. The Hall–Kier alpha value is -3.08. The number of anilines is 1. The number of fused-ring (bicyclic) bond motifs is 1. The summed E-state index contributed by atoms with van der Waals surface area (Å²) < 4.78 is 6.86. The fourth-order valence-electron chi connectivity index (χ4n) is 5.59. The van der Waals surface area contributed by atoms with Gasteiger partial charge in [0, 0.05) is 32.9 Å². The number of amides is 1. The second kappa shape index (κ2) is 11.8. The van der Waals surface area contributed by atoms with Crippen molar-refractivity contribution >= 4 is 17.4 Å². The van der Waals surface area contributed by atoms with E-state index in [2.05, 4.69) is 72.6 Å². The first-order chi connectivity index (χ1) is 17.4. The molecule has 0 radical (unpaired) electrons. The number of ether oxygens (including phenoxy) is 1. The first-order valence-corrected chi connectivity index (χ1v) is 13.4. The molecule has 2 aliphatic rings. The van der Waals surface area contributed by atoms with E-state index < -0.39 is 0 Å². The largest absolute Gasteiger partial charge is 0.485 e. The second-order valence-corrected chi connectivity index (χ2v) is 10.3. The Morgan fingerprint density at radius 1 is 1.06 bits per heavy atom. The number of ketones is 1. The van der Waals surface area contributed by atoms with Gasteiger partial charge >= 0.3 is 0 Å². The molecule has 0 saturated heterocycles. The summed E-state index contributed by atoms with van der Waals surface area (Å²) in [7, 11) is 0. The number of rotatable bonds is 7. The average molecular weight is 489 g/mol. The summed E-state index contributed by atoms with van der Waals surface area (Å²) in [5, 5.41) is 2.60. The minimum Gasteiger partial charge on any atom is -0.485 e. The lowest BCUT2D eigenvalue weighted by Crippen LogP contribution is -2.37. The molecule has 1 aliphatic carbocycles. The molecule has 5 nitrogen and oxygen atoms in total. The number of hydrogen-bond acceptors (Lipinski definition) is 4. The molecule has 2 aromatic carbocycles. The highest BCUT2D eigenvalue weighted by molar-refractivity contribution is 5.86. The van der Waals surface area contributed by atoms with E-state index >= 15 is 0 Å². The standard InChI is InChI=1S/C31H40N2O3/c1-4-26-10-7-11-27(23(26)2)22-33-20-19-31(36-30-13-6-5-12-29(30)33)17-8-9-25(16-18-31)14-15-28(35)21-32-24(3)34/h5-7,10-14H,4,8-9,15-22H2,1-3H3,(H,32,34). The smallest absolute Gasteiger partial charge is 0.217 e. The Morgan fingerprint density at radius 3 is 2.67 bits per heavy atom. The van der Waals surface area contributed by atoms with Gasteiger partial charge in [0.15, 0.2) is 5.78 Å². The highest BCUT2D eigenvalue weighted by Crippen LogP contribution is 2.43. The maximum atomic E-state index is 12.1. The number of carbonyl (C=O) groups excluding carboxylic acids is 2. The van der Waals surface area contributed by atoms with E-state index in [9.17, 15) is 9.59 Å². The summed E-state index contributed by atoms with van der Waals surface area (Å²) in [5.74, 6) is 0.868. The van der Waals surface area contributed by atoms with Crippen molar-refractivity contribution in [1.82, 2.24) is 5.32 Å². The third kappa shape index (κ3) is 6.37. The monoisotopic (exact) mass is 488 g/mol. The molecule has 1 atom stereocenters. The van der Waals surface area contributed by atoms with E-state index in [0.717, 1.165) is 63.8 Å². The lowest BCUT2D eigenvalue weighted by molar-refractivity contribution is -0.123. The molecule has 5 heteroatoms. The maximum absolute atomic E-state index is 12.1. The number of aryl methyl sites for hydroxylation is 1. The van der Waals surface area contributed by atoms with Crippen molar-refractivity contribution in [2.75, 3.05) is 18.0 Å². The molecule has 1 aliphatic heterocycles. The predicted molar refractivity (Wildman–Crippen MR) is 146 cm³/mol. The van der Waals surface area contributed by atoms with Gasteiger partial charge in [-0.3, -0.25) is 9.59 Å². The number of nitrogens with one attached hydrogen (secondary N) is 1. The van der Waals surface area contributed by atoms with E-state index in [1.165, 1.54) is 34.9 Å². The van der Waals surface area contributed by atoms with Gasteiger partial charge in [0.25, 0.3) is 0 Å². The number of hydrogen-bond donors (Lipinski definition) is 1. The summed E-state index contributed by atoms with van der Waals surface area (Å²) in [6.45, 7) is 7.86. The van der Waals surface area contributed by atoms with Crippen LogP contribution in [-0.2, 0) is 22.6 Å². The molecule has 36 heavy (non-hydrogen) atoms. The minimum absolute atomic E-state index is 0.0504. The van der Waals surface area contributed by atoms with Crippen molar-refractivity contribution < 1.29 is 14.3 Å². The number of nitrogens with zero attached hydrogens (tertiary/aromatic N) is 1. The Balaban J connectivity index is 1.48. The van der Waals surface area contributed by atoms with Crippen molar-refractivity contribution in [3.8, 4) is 5.75 Å². The second-order valence-electron chi connectivity index (χ2n) is 10.3. The summed E-state index contributed by atoms with van der Waals surface area (Å²) in [6, 6.07) is 15.2. The van der Waals surface area contributed by atoms with Crippen LogP contribution in [0.2, 0.25) is 0 Å². The van der Waals surface area contributed by atoms with Crippen LogP contribution >= 0.6 is 0 Å². The molecule has 0 aromatic heterocycles. The van der Waals surface area contributed by atoms with Crippen LogP contribution in [-0.4, -0.2) is 30.4 Å². The SMILES string of the molecule is CCc1cccc(CN2CCC3(CCCC(=CCC(=O)CNC(C)=O)CC3)Oc3ccccc32)c1C. The molecule has 1 N–H and O–H groups in total. The zero-order chi connectivity index (χ0) is 25.5. The van der Waals surface area contributed by atoms with Crippen LogP contribution in [0.4, 0.5) is 5.69 Å². The van der Waals surface area contributed by atoms with Gasteiger partial charge in [-0.05, 0) is 74.3 Å². The van der Waals surface area contributed by atoms with Crippen LogP contribution in [0.5, 0.6) is 5.75 Å². The summed E-state index contributed by atoms with van der Waals surface area (Å²) in [4.78, 5) is 25.7. The van der Waals surface area contributed by atoms with Crippen LogP contribution in [0, 0.1) is 6.92 Å². The third-order valence-electron chi connectivity index (χ3n) is 7.85. The van der Waals surface area contributed by atoms with Crippen molar-refractivity contribution in [1.29, 1.82) is 0 Å². The summed E-state index contributed by atoms with van der Waals surface area (Å²) >= 11 is 0. The van der Waals surface area contributed by atoms with Crippen LogP contribution in [0.15, 0.2) is 54.1 Å². The minimum atomic E-state index is -0.180. The molecule has 1 unspecified atom stereocenters. The quantitative estimate of drug-likeness (QED) is 0.481. The van der Waals surface area contributed by atoms with Gasteiger partial charge in [-0.25, -0.2) is 0 Å².